The zero-order valence-corrected chi connectivity index (χ0v) is 16.7. The molecule has 0 radical (unpaired) electrons. The quantitative estimate of drug-likeness (QED) is 0.540. The smallest absolute Gasteiger partial charge is 0.302 e. The second-order valence-corrected chi connectivity index (χ2v) is 9.35. The maximum Gasteiger partial charge on any atom is 0.302 e. The maximum absolute atomic E-state index is 11.3. The van der Waals surface area contributed by atoms with Gasteiger partial charge < -0.3 is 9.84 Å². The van der Waals surface area contributed by atoms with E-state index in [0.717, 1.165) is 12.8 Å². The second kappa shape index (κ2) is 7.26. The van der Waals surface area contributed by atoms with Crippen LogP contribution < -0.4 is 0 Å². The maximum atomic E-state index is 11.3. The monoisotopic (exact) mass is 348 g/mol. The summed E-state index contributed by atoms with van der Waals surface area (Å²) in [7, 11) is 0. The third-order valence-corrected chi connectivity index (χ3v) is 6.96. The number of hydrogen-bond acceptors (Lipinski definition) is 3. The molecule has 0 aromatic rings. The van der Waals surface area contributed by atoms with E-state index in [1.54, 1.807) is 6.08 Å². The van der Waals surface area contributed by atoms with Gasteiger partial charge >= 0.3 is 5.97 Å². The average molecular weight is 349 g/mol. The molecular weight excluding hydrogens is 312 g/mol. The highest BCUT2D eigenvalue weighted by Crippen LogP contribution is 2.60. The summed E-state index contributed by atoms with van der Waals surface area (Å²) >= 11 is 0. The molecule has 2 aliphatic rings. The number of carbonyl (C=O) groups is 1. The van der Waals surface area contributed by atoms with Crippen LogP contribution in [0.3, 0.4) is 0 Å². The van der Waals surface area contributed by atoms with Crippen LogP contribution >= 0.6 is 0 Å². The van der Waals surface area contributed by atoms with Crippen molar-refractivity contribution in [2.45, 2.75) is 78.7 Å². The van der Waals surface area contributed by atoms with E-state index in [-0.39, 0.29) is 11.4 Å². The van der Waals surface area contributed by atoms with Gasteiger partial charge in [0.1, 0.15) is 6.61 Å². The fraction of sp³-hybridized carbons (Fsp3) is 0.773. The second-order valence-electron chi connectivity index (χ2n) is 9.35. The molecule has 25 heavy (non-hydrogen) atoms. The van der Waals surface area contributed by atoms with E-state index in [2.05, 4.69) is 33.4 Å². The standard InChI is InChI=1S/C22H36O3/c1-7-21(5,24)14-11-18-17(15-25-16(2)23)9-10-19-20(3,4)12-8-13-22(18,19)6/h7,9,18-19,24H,1,8,10-15H2,2-6H3/t18-,19-,21+,22+/m0/s1. The fourth-order valence-corrected chi connectivity index (χ4v) is 5.40. The van der Waals surface area contributed by atoms with E-state index in [1.165, 1.54) is 31.8 Å². The first-order valence-corrected chi connectivity index (χ1v) is 9.70. The van der Waals surface area contributed by atoms with Gasteiger partial charge in [-0.2, -0.15) is 0 Å². The van der Waals surface area contributed by atoms with Crippen molar-refractivity contribution in [3.8, 4) is 0 Å². The Hall–Kier alpha value is -1.09. The van der Waals surface area contributed by atoms with Gasteiger partial charge in [-0.15, -0.1) is 6.58 Å². The highest BCUT2D eigenvalue weighted by molar-refractivity contribution is 5.66. The molecule has 1 N–H and O–H groups in total. The lowest BCUT2D eigenvalue weighted by Gasteiger charge is -2.57. The average Bonchev–Trinajstić information content (AvgIpc) is 2.50. The van der Waals surface area contributed by atoms with E-state index in [0.29, 0.717) is 30.3 Å². The van der Waals surface area contributed by atoms with Crippen LogP contribution in [0.25, 0.3) is 0 Å². The van der Waals surface area contributed by atoms with Gasteiger partial charge in [0.15, 0.2) is 0 Å². The van der Waals surface area contributed by atoms with Crippen molar-refractivity contribution in [2.75, 3.05) is 6.61 Å². The lowest BCUT2D eigenvalue weighted by molar-refractivity contribution is -0.140. The van der Waals surface area contributed by atoms with Crippen molar-refractivity contribution in [3.05, 3.63) is 24.3 Å². The van der Waals surface area contributed by atoms with Crippen LogP contribution in [-0.4, -0.2) is 23.3 Å². The zero-order valence-electron chi connectivity index (χ0n) is 16.7. The molecule has 0 bridgehead atoms. The molecule has 142 valence electrons. The van der Waals surface area contributed by atoms with Crippen LogP contribution in [0, 0.1) is 22.7 Å². The van der Waals surface area contributed by atoms with Gasteiger partial charge in [0.25, 0.3) is 0 Å². The first kappa shape index (κ1) is 20.2. The van der Waals surface area contributed by atoms with E-state index < -0.39 is 5.60 Å². The van der Waals surface area contributed by atoms with Gasteiger partial charge in [-0.25, -0.2) is 0 Å². The Morgan fingerprint density at radius 2 is 2.12 bits per heavy atom. The van der Waals surface area contributed by atoms with E-state index in [1.807, 2.05) is 6.92 Å². The lowest BCUT2D eigenvalue weighted by atomic mass is 9.48. The highest BCUT2D eigenvalue weighted by atomic mass is 16.5. The van der Waals surface area contributed by atoms with Gasteiger partial charge in [0.2, 0.25) is 0 Å². The van der Waals surface area contributed by atoms with E-state index >= 15 is 0 Å². The van der Waals surface area contributed by atoms with Crippen molar-refractivity contribution in [2.24, 2.45) is 22.7 Å². The summed E-state index contributed by atoms with van der Waals surface area (Å²) in [6, 6.07) is 0. The number of aliphatic hydroxyl groups is 1. The van der Waals surface area contributed by atoms with Crippen LogP contribution in [0.5, 0.6) is 0 Å². The Labute approximate surface area is 153 Å². The van der Waals surface area contributed by atoms with Gasteiger partial charge in [-0.05, 0) is 67.3 Å². The van der Waals surface area contributed by atoms with Crippen molar-refractivity contribution >= 4 is 5.97 Å². The highest BCUT2D eigenvalue weighted by Gasteiger charge is 2.52. The SMILES string of the molecule is C=C[C@@](C)(O)CC[C@H]1C(COC(C)=O)=CC[C@H]2C(C)(C)CCC[C@]12C. The summed E-state index contributed by atoms with van der Waals surface area (Å²) < 4.78 is 5.36. The largest absolute Gasteiger partial charge is 0.461 e. The molecule has 4 atom stereocenters. The molecule has 1 saturated carbocycles. The van der Waals surface area contributed by atoms with Crippen LogP contribution in [0.1, 0.15) is 73.1 Å². The topological polar surface area (TPSA) is 46.5 Å². The normalized spacial score (nSPS) is 33.6. The molecule has 0 aliphatic heterocycles. The molecule has 0 amide bonds. The third kappa shape index (κ3) is 4.36. The molecule has 1 fully saturated rings. The molecule has 0 aromatic heterocycles. The third-order valence-electron chi connectivity index (χ3n) is 6.96. The first-order valence-electron chi connectivity index (χ1n) is 9.70. The molecular formula is C22H36O3. The van der Waals surface area contributed by atoms with E-state index in [4.69, 9.17) is 4.74 Å². The predicted octanol–water partition coefficient (Wildman–Crippen LogP) is 5.05. The Balaban J connectivity index is 2.30. The van der Waals surface area contributed by atoms with Crippen molar-refractivity contribution in [1.29, 1.82) is 0 Å². The number of allylic oxidation sites excluding steroid dienone is 1. The number of ether oxygens (including phenoxy) is 1. The summed E-state index contributed by atoms with van der Waals surface area (Å²) in [5.74, 6) is 0.749. The van der Waals surface area contributed by atoms with Crippen LogP contribution in [0.4, 0.5) is 0 Å². The van der Waals surface area contributed by atoms with Crippen LogP contribution in [-0.2, 0) is 9.53 Å². The summed E-state index contributed by atoms with van der Waals surface area (Å²) in [6.07, 6.45) is 10.3. The number of fused-ring (bicyclic) bond motifs is 1. The first-order chi connectivity index (χ1) is 11.5. The Morgan fingerprint density at radius 3 is 2.72 bits per heavy atom. The Kier molecular flexibility index (Phi) is 5.88. The van der Waals surface area contributed by atoms with Crippen molar-refractivity contribution < 1.29 is 14.6 Å². The van der Waals surface area contributed by atoms with Gasteiger partial charge in [-0.3, -0.25) is 4.79 Å². The number of esters is 1. The fourth-order valence-electron chi connectivity index (χ4n) is 5.40. The minimum atomic E-state index is -0.847. The lowest BCUT2D eigenvalue weighted by Crippen LogP contribution is -2.49. The van der Waals surface area contributed by atoms with Crippen molar-refractivity contribution in [3.63, 3.8) is 0 Å². The predicted molar refractivity (Wildman–Crippen MR) is 102 cm³/mol. The number of hydrogen-bond donors (Lipinski definition) is 1. The summed E-state index contributed by atoms with van der Waals surface area (Å²) in [6.45, 7) is 14.7. The van der Waals surface area contributed by atoms with E-state index in [9.17, 15) is 9.90 Å². The minimum Gasteiger partial charge on any atom is -0.461 e. The zero-order chi connectivity index (χ0) is 18.9. The van der Waals surface area contributed by atoms with Gasteiger partial charge in [0.05, 0.1) is 5.60 Å². The molecule has 0 heterocycles. The molecule has 3 nitrogen and oxygen atoms in total. The molecule has 0 unspecified atom stereocenters. The number of carbonyl (C=O) groups excluding carboxylic acids is 1. The van der Waals surface area contributed by atoms with Crippen LogP contribution in [0.15, 0.2) is 24.3 Å². The molecule has 2 rings (SSSR count). The Morgan fingerprint density at radius 1 is 1.44 bits per heavy atom. The molecule has 0 saturated heterocycles. The summed E-state index contributed by atoms with van der Waals surface area (Å²) in [5.41, 5.74) is 0.922. The molecule has 2 aliphatic carbocycles. The number of rotatable bonds is 6. The Bertz CT molecular complexity index is 543. The van der Waals surface area contributed by atoms with Crippen LogP contribution in [0.2, 0.25) is 0 Å². The van der Waals surface area contributed by atoms with Crippen molar-refractivity contribution in [1.82, 2.24) is 0 Å². The van der Waals surface area contributed by atoms with Gasteiger partial charge in [0, 0.05) is 6.92 Å². The molecule has 0 aromatic carbocycles. The van der Waals surface area contributed by atoms with Gasteiger partial charge in [-0.1, -0.05) is 39.3 Å². The molecule has 3 heteroatoms. The minimum absolute atomic E-state index is 0.198. The molecule has 0 spiro atoms. The summed E-state index contributed by atoms with van der Waals surface area (Å²) in [5, 5.41) is 10.4. The summed E-state index contributed by atoms with van der Waals surface area (Å²) in [4.78, 5) is 11.3.